The molecular formula is C24H21ClN2O3. The highest BCUT2D eigenvalue weighted by Crippen LogP contribution is 2.35. The second-order valence-electron chi connectivity index (χ2n) is 6.79. The van der Waals surface area contributed by atoms with Crippen molar-refractivity contribution in [3.8, 4) is 11.5 Å². The highest BCUT2D eigenvalue weighted by atomic mass is 35.5. The third-order valence-electron chi connectivity index (χ3n) is 4.80. The second-order valence-corrected chi connectivity index (χ2v) is 7.22. The summed E-state index contributed by atoms with van der Waals surface area (Å²) in [4.78, 5) is 15.5. The number of benzene rings is 3. The smallest absolute Gasteiger partial charge is 0.251 e. The van der Waals surface area contributed by atoms with Crippen molar-refractivity contribution in [2.75, 3.05) is 23.6 Å². The van der Waals surface area contributed by atoms with Crippen LogP contribution in [0, 0.1) is 0 Å². The molecule has 1 amide bonds. The number of para-hydroxylation sites is 1. The molecule has 3 aromatic rings. The van der Waals surface area contributed by atoms with Gasteiger partial charge in [-0.3, -0.25) is 4.79 Å². The van der Waals surface area contributed by atoms with E-state index in [1.807, 2.05) is 47.4 Å². The van der Waals surface area contributed by atoms with Crippen molar-refractivity contribution >= 4 is 28.9 Å². The number of fused-ring (bicyclic) bond motifs is 1. The Morgan fingerprint density at radius 3 is 2.53 bits per heavy atom. The van der Waals surface area contributed by atoms with Crippen LogP contribution in [0.2, 0.25) is 5.02 Å². The van der Waals surface area contributed by atoms with Crippen LogP contribution in [0.15, 0.2) is 85.5 Å². The Morgan fingerprint density at radius 2 is 1.80 bits per heavy atom. The number of anilines is 2. The second kappa shape index (κ2) is 8.93. The van der Waals surface area contributed by atoms with E-state index in [0.29, 0.717) is 28.8 Å². The van der Waals surface area contributed by atoms with Crippen LogP contribution in [0.3, 0.4) is 0 Å². The van der Waals surface area contributed by atoms with E-state index in [1.54, 1.807) is 36.4 Å². The molecule has 0 saturated carbocycles. The molecule has 6 heteroatoms. The van der Waals surface area contributed by atoms with Gasteiger partial charge < -0.3 is 19.7 Å². The number of hydrogen-bond acceptors (Lipinski definition) is 4. The summed E-state index contributed by atoms with van der Waals surface area (Å²) in [5.41, 5.74) is 2.37. The van der Waals surface area contributed by atoms with E-state index in [1.165, 1.54) is 0 Å². The summed E-state index contributed by atoms with van der Waals surface area (Å²) in [6, 6.07) is 21.8. The van der Waals surface area contributed by atoms with Gasteiger partial charge in [0, 0.05) is 29.0 Å². The van der Waals surface area contributed by atoms with E-state index in [4.69, 9.17) is 21.1 Å². The van der Waals surface area contributed by atoms with Crippen molar-refractivity contribution in [1.29, 1.82) is 0 Å². The van der Waals surface area contributed by atoms with E-state index in [0.717, 1.165) is 11.3 Å². The molecule has 1 N–H and O–H groups in total. The first kappa shape index (κ1) is 19.9. The Labute approximate surface area is 180 Å². The van der Waals surface area contributed by atoms with Gasteiger partial charge in [-0.05, 0) is 42.0 Å². The molecule has 3 aromatic carbocycles. The van der Waals surface area contributed by atoms with Gasteiger partial charge in [-0.2, -0.15) is 0 Å². The van der Waals surface area contributed by atoms with Crippen LogP contribution >= 0.6 is 11.6 Å². The Balaban J connectivity index is 1.69. The lowest BCUT2D eigenvalue weighted by atomic mass is 10.0. The zero-order valence-electron chi connectivity index (χ0n) is 16.3. The van der Waals surface area contributed by atoms with Gasteiger partial charge in [0.1, 0.15) is 6.04 Å². The number of amides is 1. The molecule has 0 aliphatic carbocycles. The molecular weight excluding hydrogens is 400 g/mol. The molecule has 1 heterocycles. The Bertz CT molecular complexity index is 1040. The fourth-order valence-electron chi connectivity index (χ4n) is 3.42. The molecule has 0 fully saturated rings. The number of carbonyl (C=O) groups excluding carboxylic acids is 1. The first-order valence-electron chi connectivity index (χ1n) is 9.54. The number of ether oxygens (including phenoxy) is 2. The van der Waals surface area contributed by atoms with Crippen LogP contribution in [-0.2, 0) is 4.79 Å². The third kappa shape index (κ3) is 4.26. The van der Waals surface area contributed by atoms with Gasteiger partial charge in [-0.15, -0.1) is 6.58 Å². The van der Waals surface area contributed by atoms with Gasteiger partial charge in [0.05, 0.1) is 0 Å². The minimum atomic E-state index is -0.590. The van der Waals surface area contributed by atoms with Crippen LogP contribution in [-0.4, -0.2) is 19.2 Å². The van der Waals surface area contributed by atoms with Crippen LogP contribution in [0.25, 0.3) is 0 Å². The third-order valence-corrected chi connectivity index (χ3v) is 5.05. The number of rotatable bonds is 7. The first-order chi connectivity index (χ1) is 14.7. The molecule has 152 valence electrons. The highest BCUT2D eigenvalue weighted by molar-refractivity contribution is 6.30. The van der Waals surface area contributed by atoms with E-state index >= 15 is 0 Å². The maximum atomic E-state index is 13.5. The molecule has 0 bridgehead atoms. The fraction of sp³-hybridized carbons (Fsp3) is 0.125. The molecule has 0 radical (unpaired) electrons. The van der Waals surface area contributed by atoms with Crippen LogP contribution in [0.5, 0.6) is 11.5 Å². The summed E-state index contributed by atoms with van der Waals surface area (Å²) in [7, 11) is 0. The number of carbonyl (C=O) groups is 1. The van der Waals surface area contributed by atoms with Crippen LogP contribution in [0.1, 0.15) is 11.6 Å². The summed E-state index contributed by atoms with van der Waals surface area (Å²) in [6.07, 6.45) is 1.78. The minimum absolute atomic E-state index is 0.179. The maximum absolute atomic E-state index is 13.5. The largest absolute Gasteiger partial charge is 0.454 e. The molecule has 1 atom stereocenters. The van der Waals surface area contributed by atoms with Gasteiger partial charge >= 0.3 is 0 Å². The molecule has 1 aliphatic heterocycles. The lowest BCUT2D eigenvalue weighted by Gasteiger charge is -2.32. The normalized spacial score (nSPS) is 12.8. The quantitative estimate of drug-likeness (QED) is 0.517. The number of hydrogen-bond donors (Lipinski definition) is 1. The summed E-state index contributed by atoms with van der Waals surface area (Å²) < 4.78 is 10.8. The Hall–Kier alpha value is -3.44. The minimum Gasteiger partial charge on any atom is -0.454 e. The average molecular weight is 421 g/mol. The number of halogens is 1. The lowest BCUT2D eigenvalue weighted by molar-refractivity contribution is -0.117. The molecule has 1 aliphatic rings. The molecule has 0 spiro atoms. The highest BCUT2D eigenvalue weighted by Gasteiger charge is 2.28. The number of nitrogens with one attached hydrogen (secondary N) is 1. The molecule has 1 unspecified atom stereocenters. The zero-order valence-corrected chi connectivity index (χ0v) is 17.0. The molecule has 5 nitrogen and oxygen atoms in total. The molecule has 4 rings (SSSR count). The van der Waals surface area contributed by atoms with Crippen molar-refractivity contribution in [3.63, 3.8) is 0 Å². The van der Waals surface area contributed by atoms with Gasteiger partial charge in [0.2, 0.25) is 6.79 Å². The van der Waals surface area contributed by atoms with Gasteiger partial charge in [-0.1, -0.05) is 48.0 Å². The van der Waals surface area contributed by atoms with E-state index in [-0.39, 0.29) is 12.7 Å². The predicted octanol–water partition coefficient (Wildman–Crippen LogP) is 5.44. The van der Waals surface area contributed by atoms with Crippen molar-refractivity contribution in [2.45, 2.75) is 6.04 Å². The number of nitrogens with zero attached hydrogens (tertiary/aromatic N) is 1. The average Bonchev–Trinajstić information content (AvgIpc) is 3.23. The molecule has 0 saturated heterocycles. The van der Waals surface area contributed by atoms with E-state index in [9.17, 15) is 4.79 Å². The topological polar surface area (TPSA) is 50.8 Å². The first-order valence-corrected chi connectivity index (χ1v) is 9.92. The van der Waals surface area contributed by atoms with Gasteiger partial charge in [0.15, 0.2) is 11.5 Å². The summed E-state index contributed by atoms with van der Waals surface area (Å²) >= 11 is 6.08. The molecule has 30 heavy (non-hydrogen) atoms. The predicted molar refractivity (Wildman–Crippen MR) is 119 cm³/mol. The van der Waals surface area contributed by atoms with Gasteiger partial charge in [-0.25, -0.2) is 0 Å². The lowest BCUT2D eigenvalue weighted by Crippen LogP contribution is -2.37. The maximum Gasteiger partial charge on any atom is 0.251 e. The Kier molecular flexibility index (Phi) is 5.91. The summed E-state index contributed by atoms with van der Waals surface area (Å²) in [6.45, 7) is 4.55. The van der Waals surface area contributed by atoms with Crippen molar-refractivity contribution < 1.29 is 14.3 Å². The summed E-state index contributed by atoms with van der Waals surface area (Å²) in [5.74, 6) is 1.10. The standard InChI is InChI=1S/C24H21ClN2O3/c1-2-14-27(20-6-4-3-5-7-20)23(17-8-10-18(25)11-9-17)24(28)26-19-12-13-21-22(15-19)30-16-29-21/h2-13,15,23H,1,14,16H2,(H,26,28). The monoisotopic (exact) mass is 420 g/mol. The SMILES string of the molecule is C=CCN(c1ccccc1)C(C(=O)Nc1ccc2c(c1)OCO2)c1ccc(Cl)cc1. The van der Waals surface area contributed by atoms with E-state index < -0.39 is 6.04 Å². The molecule has 0 aromatic heterocycles. The fourth-order valence-corrected chi connectivity index (χ4v) is 3.55. The van der Waals surface area contributed by atoms with Crippen LogP contribution < -0.4 is 19.7 Å². The Morgan fingerprint density at radius 1 is 1.07 bits per heavy atom. The summed E-state index contributed by atoms with van der Waals surface area (Å²) in [5, 5.41) is 3.62. The van der Waals surface area contributed by atoms with E-state index in [2.05, 4.69) is 11.9 Å². The zero-order chi connectivity index (χ0) is 20.9. The van der Waals surface area contributed by atoms with Crippen molar-refractivity contribution in [3.05, 3.63) is 96.0 Å². The van der Waals surface area contributed by atoms with Crippen LogP contribution in [0.4, 0.5) is 11.4 Å². The van der Waals surface area contributed by atoms with Crippen molar-refractivity contribution in [1.82, 2.24) is 0 Å². The van der Waals surface area contributed by atoms with Gasteiger partial charge in [0.25, 0.3) is 5.91 Å². The van der Waals surface area contributed by atoms with Crippen molar-refractivity contribution in [2.24, 2.45) is 0 Å².